The summed E-state index contributed by atoms with van der Waals surface area (Å²) < 4.78 is 5.34. The van der Waals surface area contributed by atoms with E-state index in [0.717, 1.165) is 57.8 Å². The number of aromatic nitrogens is 1. The first-order valence-corrected chi connectivity index (χ1v) is 9.62. The van der Waals surface area contributed by atoms with Gasteiger partial charge in [-0.15, -0.1) is 0 Å². The highest BCUT2D eigenvalue weighted by Crippen LogP contribution is 2.13. The van der Waals surface area contributed by atoms with Crippen molar-refractivity contribution in [3.63, 3.8) is 0 Å². The summed E-state index contributed by atoms with van der Waals surface area (Å²) in [6, 6.07) is 11.8. The van der Waals surface area contributed by atoms with Gasteiger partial charge in [0.15, 0.2) is 0 Å². The highest BCUT2D eigenvalue weighted by molar-refractivity contribution is 5.89. The number of amides is 2. The van der Waals surface area contributed by atoms with Gasteiger partial charge in [-0.1, -0.05) is 12.1 Å². The zero-order valence-corrected chi connectivity index (χ0v) is 15.7. The van der Waals surface area contributed by atoms with Crippen LogP contribution in [0.15, 0.2) is 48.8 Å². The Kier molecular flexibility index (Phi) is 7.62. The quantitative estimate of drug-likeness (QED) is 0.703. The van der Waals surface area contributed by atoms with E-state index in [1.165, 1.54) is 11.1 Å². The van der Waals surface area contributed by atoms with Gasteiger partial charge < -0.3 is 15.4 Å². The van der Waals surface area contributed by atoms with Crippen molar-refractivity contribution in [1.82, 2.24) is 15.2 Å². The van der Waals surface area contributed by atoms with E-state index < -0.39 is 0 Å². The van der Waals surface area contributed by atoms with Crippen LogP contribution in [0, 0.1) is 0 Å². The molecule has 1 saturated heterocycles. The molecule has 2 aromatic rings. The monoisotopic (exact) mass is 368 g/mol. The number of pyridine rings is 1. The number of morpholine rings is 1. The van der Waals surface area contributed by atoms with Crippen LogP contribution in [0.4, 0.5) is 10.5 Å². The first kappa shape index (κ1) is 19.3. The fraction of sp³-hybridized carbons (Fsp3) is 0.429. The molecule has 6 nitrogen and oxygen atoms in total. The molecule has 1 aliphatic heterocycles. The van der Waals surface area contributed by atoms with Crippen LogP contribution < -0.4 is 10.6 Å². The molecule has 1 aliphatic rings. The molecule has 1 aromatic carbocycles. The molecular weight excluding hydrogens is 340 g/mol. The second kappa shape index (κ2) is 10.6. The maximum absolute atomic E-state index is 12.0. The average Bonchev–Trinajstić information content (AvgIpc) is 2.71. The summed E-state index contributed by atoms with van der Waals surface area (Å²) in [5, 5.41) is 5.81. The van der Waals surface area contributed by atoms with Gasteiger partial charge in [-0.05, 0) is 61.2 Å². The Morgan fingerprint density at radius 1 is 1.00 bits per heavy atom. The van der Waals surface area contributed by atoms with Crippen LogP contribution in [0.3, 0.4) is 0 Å². The van der Waals surface area contributed by atoms with Crippen LogP contribution in [0.25, 0.3) is 0 Å². The Hall–Kier alpha value is -2.44. The number of nitrogens with zero attached hydrogens (tertiary/aromatic N) is 2. The Labute approximate surface area is 160 Å². The molecule has 3 rings (SSSR count). The summed E-state index contributed by atoms with van der Waals surface area (Å²) in [6.45, 7) is 5.47. The van der Waals surface area contributed by atoms with E-state index in [9.17, 15) is 4.79 Å². The van der Waals surface area contributed by atoms with Crippen molar-refractivity contribution in [2.45, 2.75) is 19.3 Å². The number of hydrogen-bond acceptors (Lipinski definition) is 4. The molecule has 2 amide bonds. The third kappa shape index (κ3) is 7.00. The molecule has 0 aliphatic carbocycles. The van der Waals surface area contributed by atoms with Crippen LogP contribution in [0.1, 0.15) is 24.0 Å². The highest BCUT2D eigenvalue weighted by Gasteiger charge is 2.09. The molecule has 6 heteroatoms. The van der Waals surface area contributed by atoms with Gasteiger partial charge in [-0.25, -0.2) is 4.79 Å². The third-order valence-corrected chi connectivity index (χ3v) is 4.66. The predicted octanol–water partition coefficient (Wildman–Crippen LogP) is 2.91. The Balaban J connectivity index is 1.31. The van der Waals surface area contributed by atoms with Gasteiger partial charge in [-0.3, -0.25) is 9.88 Å². The molecule has 2 heterocycles. The van der Waals surface area contributed by atoms with E-state index in [4.69, 9.17) is 4.74 Å². The number of hydrogen-bond donors (Lipinski definition) is 2. The molecular formula is C21H28N4O2. The molecule has 144 valence electrons. The number of rotatable bonds is 8. The van der Waals surface area contributed by atoms with Gasteiger partial charge in [-0.2, -0.15) is 0 Å². The summed E-state index contributed by atoms with van der Waals surface area (Å²) in [5.41, 5.74) is 3.23. The molecule has 0 spiro atoms. The topological polar surface area (TPSA) is 66.5 Å². The lowest BCUT2D eigenvalue weighted by atomic mass is 10.1. The normalized spacial score (nSPS) is 14.7. The summed E-state index contributed by atoms with van der Waals surface area (Å²) in [5.74, 6) is 0. The van der Waals surface area contributed by atoms with E-state index in [2.05, 4.69) is 20.5 Å². The minimum absolute atomic E-state index is 0.150. The van der Waals surface area contributed by atoms with Crippen molar-refractivity contribution < 1.29 is 9.53 Å². The van der Waals surface area contributed by atoms with Gasteiger partial charge in [0, 0.05) is 37.7 Å². The predicted molar refractivity (Wildman–Crippen MR) is 107 cm³/mol. The number of carbonyl (C=O) groups excluding carboxylic acids is 1. The smallest absolute Gasteiger partial charge is 0.319 e. The number of anilines is 1. The van der Waals surface area contributed by atoms with Crippen LogP contribution in [0.2, 0.25) is 0 Å². The summed E-state index contributed by atoms with van der Waals surface area (Å²) in [7, 11) is 0. The fourth-order valence-corrected chi connectivity index (χ4v) is 3.10. The van der Waals surface area contributed by atoms with Crippen LogP contribution in [0.5, 0.6) is 0 Å². The molecule has 0 atom stereocenters. The molecule has 0 saturated carbocycles. The first-order chi connectivity index (χ1) is 13.3. The van der Waals surface area contributed by atoms with Crippen LogP contribution in [-0.4, -0.2) is 55.3 Å². The lowest BCUT2D eigenvalue weighted by molar-refractivity contribution is 0.0372. The molecule has 2 N–H and O–H groups in total. The van der Waals surface area contributed by atoms with Crippen molar-refractivity contribution >= 4 is 11.7 Å². The lowest BCUT2D eigenvalue weighted by Crippen LogP contribution is -2.37. The van der Waals surface area contributed by atoms with Crippen molar-refractivity contribution in [3.05, 3.63) is 59.9 Å². The minimum atomic E-state index is -0.150. The number of unbranched alkanes of at least 4 members (excludes halogenated alkanes) is 1. The Morgan fingerprint density at radius 3 is 2.44 bits per heavy atom. The highest BCUT2D eigenvalue weighted by atomic mass is 16.5. The second-order valence-electron chi connectivity index (χ2n) is 6.77. The lowest BCUT2D eigenvalue weighted by Gasteiger charge is -2.26. The fourth-order valence-electron chi connectivity index (χ4n) is 3.10. The number of carbonyl (C=O) groups is 1. The molecule has 0 radical (unpaired) electrons. The van der Waals surface area contributed by atoms with Gasteiger partial charge in [0.2, 0.25) is 0 Å². The molecule has 27 heavy (non-hydrogen) atoms. The SMILES string of the molecule is O=C(NCCCCN1CCOCC1)Nc1ccc(Cc2ccncc2)cc1. The van der Waals surface area contributed by atoms with Gasteiger partial charge in [0.25, 0.3) is 0 Å². The molecule has 1 aromatic heterocycles. The van der Waals surface area contributed by atoms with Crippen molar-refractivity contribution in [2.75, 3.05) is 44.7 Å². The van der Waals surface area contributed by atoms with E-state index >= 15 is 0 Å². The van der Waals surface area contributed by atoms with Crippen molar-refractivity contribution in [3.8, 4) is 0 Å². The number of ether oxygens (including phenoxy) is 1. The van der Waals surface area contributed by atoms with E-state index in [-0.39, 0.29) is 6.03 Å². The van der Waals surface area contributed by atoms with Crippen LogP contribution >= 0.6 is 0 Å². The maximum Gasteiger partial charge on any atom is 0.319 e. The van der Waals surface area contributed by atoms with Crippen LogP contribution in [-0.2, 0) is 11.2 Å². The average molecular weight is 368 g/mol. The van der Waals surface area contributed by atoms with Gasteiger partial charge in [0.1, 0.15) is 0 Å². The maximum atomic E-state index is 12.0. The largest absolute Gasteiger partial charge is 0.379 e. The van der Waals surface area contributed by atoms with Gasteiger partial charge >= 0.3 is 6.03 Å². The van der Waals surface area contributed by atoms with E-state index in [1.54, 1.807) is 12.4 Å². The van der Waals surface area contributed by atoms with Gasteiger partial charge in [0.05, 0.1) is 13.2 Å². The van der Waals surface area contributed by atoms with E-state index in [1.807, 2.05) is 36.4 Å². The molecule has 0 bridgehead atoms. The second-order valence-corrected chi connectivity index (χ2v) is 6.77. The molecule has 1 fully saturated rings. The third-order valence-electron chi connectivity index (χ3n) is 4.66. The zero-order valence-electron chi connectivity index (χ0n) is 15.7. The number of nitrogens with one attached hydrogen (secondary N) is 2. The minimum Gasteiger partial charge on any atom is -0.379 e. The van der Waals surface area contributed by atoms with Crippen molar-refractivity contribution in [1.29, 1.82) is 0 Å². The van der Waals surface area contributed by atoms with E-state index in [0.29, 0.717) is 6.54 Å². The standard InChI is InChI=1S/C21H28N4O2/c26-21(23-9-1-2-12-25-13-15-27-16-14-25)24-20-5-3-18(4-6-20)17-19-7-10-22-11-8-19/h3-8,10-11H,1-2,9,12-17H2,(H2,23,24,26). The molecule has 0 unspecified atom stereocenters. The number of urea groups is 1. The Morgan fingerprint density at radius 2 is 1.70 bits per heavy atom. The first-order valence-electron chi connectivity index (χ1n) is 9.62. The summed E-state index contributed by atoms with van der Waals surface area (Å²) in [4.78, 5) is 18.4. The van der Waals surface area contributed by atoms with Crippen molar-refractivity contribution in [2.24, 2.45) is 0 Å². The number of benzene rings is 1. The Bertz CT molecular complexity index is 685. The summed E-state index contributed by atoms with van der Waals surface area (Å²) in [6.07, 6.45) is 6.53. The zero-order chi connectivity index (χ0) is 18.7. The summed E-state index contributed by atoms with van der Waals surface area (Å²) >= 11 is 0.